The Morgan fingerprint density at radius 1 is 1.18 bits per heavy atom. The van der Waals surface area contributed by atoms with Gasteiger partial charge in [0.15, 0.2) is 6.10 Å². The summed E-state index contributed by atoms with van der Waals surface area (Å²) in [5, 5.41) is 0. The van der Waals surface area contributed by atoms with Crippen LogP contribution in [0.3, 0.4) is 0 Å². The molecule has 1 amide bonds. The topological polar surface area (TPSA) is 55.8 Å². The summed E-state index contributed by atoms with van der Waals surface area (Å²) in [5.74, 6) is -0.0412. The van der Waals surface area contributed by atoms with Crippen molar-refractivity contribution in [3.8, 4) is 5.75 Å². The molecule has 0 N–H and O–H groups in total. The maximum Gasteiger partial charge on any atom is 0.331 e. The normalized spacial score (nSPS) is 13.8. The second-order valence-corrected chi connectivity index (χ2v) is 6.45. The molecule has 0 bridgehead atoms. The van der Waals surface area contributed by atoms with Crippen molar-refractivity contribution in [2.24, 2.45) is 0 Å². The lowest BCUT2D eigenvalue weighted by Gasteiger charge is -2.21. The van der Waals surface area contributed by atoms with Gasteiger partial charge in [-0.15, -0.1) is 0 Å². The third-order valence-corrected chi connectivity index (χ3v) is 4.45. The van der Waals surface area contributed by atoms with E-state index in [1.165, 1.54) is 6.08 Å². The van der Waals surface area contributed by atoms with Crippen LogP contribution in [0, 0.1) is 0 Å². The second kappa shape index (κ2) is 9.04. The van der Waals surface area contributed by atoms with E-state index in [2.05, 4.69) is 6.58 Å². The highest BCUT2D eigenvalue weighted by atomic mass is 16.5. The van der Waals surface area contributed by atoms with Crippen molar-refractivity contribution < 1.29 is 19.1 Å². The molecule has 3 rings (SSSR count). The first-order chi connectivity index (χ1) is 13.6. The lowest BCUT2D eigenvalue weighted by Crippen LogP contribution is -2.38. The molecular weight excluding hydrogens is 354 g/mol. The van der Waals surface area contributed by atoms with Gasteiger partial charge in [0.05, 0.1) is 0 Å². The number of carbonyl (C=O) groups excluding carboxylic acids is 2. The van der Waals surface area contributed by atoms with Gasteiger partial charge < -0.3 is 14.4 Å². The number of hydrogen-bond acceptors (Lipinski definition) is 4. The van der Waals surface area contributed by atoms with Crippen LogP contribution in [-0.4, -0.2) is 31.1 Å². The molecule has 5 heteroatoms. The molecule has 0 aromatic heterocycles. The Balaban J connectivity index is 1.55. The average Bonchev–Trinajstić information content (AvgIpc) is 3.15. The molecule has 1 aliphatic heterocycles. The van der Waals surface area contributed by atoms with Crippen molar-refractivity contribution in [3.05, 3.63) is 78.4 Å². The van der Waals surface area contributed by atoms with Gasteiger partial charge in [-0.25, -0.2) is 4.79 Å². The number of benzene rings is 2. The summed E-state index contributed by atoms with van der Waals surface area (Å²) in [6.45, 7) is 6.24. The number of ether oxygens (including phenoxy) is 2. The van der Waals surface area contributed by atoms with Gasteiger partial charge in [0.25, 0.3) is 5.91 Å². The molecule has 28 heavy (non-hydrogen) atoms. The molecule has 0 radical (unpaired) electrons. The number of carbonyl (C=O) groups is 2. The monoisotopic (exact) mass is 377 g/mol. The molecule has 2 aromatic rings. The molecule has 5 nitrogen and oxygen atoms in total. The molecule has 1 atom stereocenters. The zero-order valence-corrected chi connectivity index (χ0v) is 15.8. The second-order valence-electron chi connectivity index (χ2n) is 6.45. The molecular formula is C23H23NO4. The Kier molecular flexibility index (Phi) is 6.27. The number of rotatable bonds is 7. The van der Waals surface area contributed by atoms with Gasteiger partial charge in [-0.2, -0.15) is 0 Å². The number of amides is 1. The first kappa shape index (κ1) is 19.4. The summed E-state index contributed by atoms with van der Waals surface area (Å²) in [6.07, 6.45) is 4.60. The highest BCUT2D eigenvalue weighted by molar-refractivity contribution is 6.00. The van der Waals surface area contributed by atoms with Crippen LogP contribution in [0.15, 0.2) is 67.3 Å². The lowest BCUT2D eigenvalue weighted by molar-refractivity contribution is -0.149. The first-order valence-electron chi connectivity index (χ1n) is 9.20. The molecule has 0 aliphatic carbocycles. The Morgan fingerprint density at radius 3 is 2.68 bits per heavy atom. The molecule has 2 aromatic carbocycles. The Morgan fingerprint density at radius 2 is 1.93 bits per heavy atom. The van der Waals surface area contributed by atoms with Crippen LogP contribution in [0.1, 0.15) is 18.1 Å². The van der Waals surface area contributed by atoms with E-state index in [1.54, 1.807) is 24.0 Å². The molecule has 1 aliphatic rings. The Labute approximate surface area is 164 Å². The summed E-state index contributed by atoms with van der Waals surface area (Å²) in [6, 6.07) is 15.1. The standard InChI is InChI=1S/C23H23NO4/c1-3-16-27-20-11-8-18(9-12-20)10-13-22(25)28-17(2)23(26)24-15-14-19-6-4-5-7-21(19)24/h3-13,17H,1,14-16H2,2H3/b13-10+. The van der Waals surface area contributed by atoms with E-state index < -0.39 is 12.1 Å². The third kappa shape index (κ3) is 4.68. The minimum absolute atomic E-state index is 0.213. The number of nitrogens with zero attached hydrogens (tertiary/aromatic N) is 1. The van der Waals surface area contributed by atoms with E-state index in [0.717, 1.165) is 29.0 Å². The van der Waals surface area contributed by atoms with Crippen LogP contribution in [0.2, 0.25) is 0 Å². The van der Waals surface area contributed by atoms with E-state index in [-0.39, 0.29) is 5.91 Å². The molecule has 144 valence electrons. The van der Waals surface area contributed by atoms with E-state index in [4.69, 9.17) is 9.47 Å². The van der Waals surface area contributed by atoms with Crippen LogP contribution in [0.5, 0.6) is 5.75 Å². The van der Waals surface area contributed by atoms with Crippen LogP contribution >= 0.6 is 0 Å². The molecule has 1 heterocycles. The predicted octanol–water partition coefficient (Wildman–Crippen LogP) is 3.79. The van der Waals surface area contributed by atoms with Crippen molar-refractivity contribution in [1.29, 1.82) is 0 Å². The van der Waals surface area contributed by atoms with E-state index >= 15 is 0 Å². The molecule has 0 spiro atoms. The summed E-state index contributed by atoms with van der Waals surface area (Å²) < 4.78 is 10.7. The van der Waals surface area contributed by atoms with Crippen molar-refractivity contribution in [2.75, 3.05) is 18.1 Å². The first-order valence-corrected chi connectivity index (χ1v) is 9.20. The fourth-order valence-corrected chi connectivity index (χ4v) is 3.05. The predicted molar refractivity (Wildman–Crippen MR) is 109 cm³/mol. The highest BCUT2D eigenvalue weighted by Crippen LogP contribution is 2.28. The quantitative estimate of drug-likeness (QED) is 0.419. The summed E-state index contributed by atoms with van der Waals surface area (Å²) in [4.78, 5) is 26.4. The third-order valence-electron chi connectivity index (χ3n) is 4.45. The van der Waals surface area contributed by atoms with Crippen molar-refractivity contribution in [1.82, 2.24) is 0 Å². The smallest absolute Gasteiger partial charge is 0.331 e. The number of para-hydroxylation sites is 1. The van der Waals surface area contributed by atoms with E-state index in [0.29, 0.717) is 13.2 Å². The van der Waals surface area contributed by atoms with Gasteiger partial charge in [0, 0.05) is 18.3 Å². The van der Waals surface area contributed by atoms with Crippen LogP contribution < -0.4 is 9.64 Å². The number of anilines is 1. The zero-order valence-electron chi connectivity index (χ0n) is 15.8. The van der Waals surface area contributed by atoms with Crippen LogP contribution in [0.4, 0.5) is 5.69 Å². The molecule has 0 saturated heterocycles. The number of esters is 1. The van der Waals surface area contributed by atoms with E-state index in [9.17, 15) is 9.59 Å². The van der Waals surface area contributed by atoms with Crippen molar-refractivity contribution in [2.45, 2.75) is 19.4 Å². The van der Waals surface area contributed by atoms with Gasteiger partial charge in [-0.1, -0.05) is 43.0 Å². The van der Waals surface area contributed by atoms with Gasteiger partial charge >= 0.3 is 5.97 Å². The Bertz CT molecular complexity index is 886. The van der Waals surface area contributed by atoms with E-state index in [1.807, 2.05) is 48.5 Å². The number of hydrogen-bond donors (Lipinski definition) is 0. The molecule has 0 fully saturated rings. The van der Waals surface area contributed by atoms with Crippen molar-refractivity contribution in [3.63, 3.8) is 0 Å². The SMILES string of the molecule is C=CCOc1ccc(/C=C/C(=O)OC(C)C(=O)N2CCc3ccccc32)cc1. The average molecular weight is 377 g/mol. The fourth-order valence-electron chi connectivity index (χ4n) is 3.05. The minimum atomic E-state index is -0.849. The van der Waals surface area contributed by atoms with Gasteiger partial charge in [-0.3, -0.25) is 4.79 Å². The number of fused-ring (bicyclic) bond motifs is 1. The lowest BCUT2D eigenvalue weighted by atomic mass is 10.2. The minimum Gasteiger partial charge on any atom is -0.490 e. The summed E-state index contributed by atoms with van der Waals surface area (Å²) >= 11 is 0. The van der Waals surface area contributed by atoms with Crippen LogP contribution in [0.25, 0.3) is 6.08 Å². The summed E-state index contributed by atoms with van der Waals surface area (Å²) in [7, 11) is 0. The molecule has 1 unspecified atom stereocenters. The summed E-state index contributed by atoms with van der Waals surface area (Å²) in [5.41, 5.74) is 2.86. The van der Waals surface area contributed by atoms with Crippen LogP contribution in [-0.2, 0) is 20.7 Å². The molecule has 0 saturated carbocycles. The maximum atomic E-state index is 12.6. The zero-order chi connectivity index (χ0) is 19.9. The highest BCUT2D eigenvalue weighted by Gasteiger charge is 2.29. The van der Waals surface area contributed by atoms with Gasteiger partial charge in [0.1, 0.15) is 12.4 Å². The largest absolute Gasteiger partial charge is 0.490 e. The van der Waals surface area contributed by atoms with Crippen molar-refractivity contribution >= 4 is 23.6 Å². The van der Waals surface area contributed by atoms with Gasteiger partial charge in [-0.05, 0) is 48.7 Å². The maximum absolute atomic E-state index is 12.6. The van der Waals surface area contributed by atoms with Gasteiger partial charge in [0.2, 0.25) is 0 Å². The fraction of sp³-hybridized carbons (Fsp3) is 0.217. The Hall–Kier alpha value is -3.34.